The Morgan fingerprint density at radius 3 is 2.44 bits per heavy atom. The van der Waals surface area contributed by atoms with Crippen LogP contribution in [0, 0.1) is 18.7 Å². The predicted octanol–water partition coefficient (Wildman–Crippen LogP) is 3.51. The highest BCUT2D eigenvalue weighted by molar-refractivity contribution is 5.98. The van der Waals surface area contributed by atoms with Gasteiger partial charge in [0.25, 0.3) is 5.91 Å². The zero-order valence-corrected chi connectivity index (χ0v) is 17.9. The van der Waals surface area contributed by atoms with Crippen LogP contribution in [0.3, 0.4) is 0 Å². The van der Waals surface area contributed by atoms with Crippen molar-refractivity contribution < 1.29 is 22.4 Å². The van der Waals surface area contributed by atoms with E-state index in [1.165, 1.54) is 0 Å². The molecular weight excluding hydrogens is 454 g/mol. The molecule has 2 bridgehead atoms. The molecule has 3 aromatic rings. The number of piperidine rings is 1. The predicted molar refractivity (Wildman–Crippen MR) is 112 cm³/mol. The monoisotopic (exact) mass is 473 g/mol. The van der Waals surface area contributed by atoms with Gasteiger partial charge in [-0.1, -0.05) is 0 Å². The number of rotatable bonds is 4. The van der Waals surface area contributed by atoms with Crippen LogP contribution in [0.5, 0.6) is 0 Å². The first-order chi connectivity index (χ1) is 16.2. The van der Waals surface area contributed by atoms with E-state index in [1.54, 1.807) is 17.2 Å². The van der Waals surface area contributed by atoms with Crippen LogP contribution in [0.2, 0.25) is 0 Å². The van der Waals surface area contributed by atoms with Gasteiger partial charge in [-0.05, 0) is 37.3 Å². The SMILES string of the molecule is Cc1cnc(C(=O)N2C[C@@H]3C[C@@H](Nc4cnc(C(F)(F)F)cn4)[C@@H]2C3)c(-c2ncc(F)cn2)c1. The maximum Gasteiger partial charge on any atom is 0.434 e. The van der Waals surface area contributed by atoms with Crippen LogP contribution >= 0.6 is 0 Å². The largest absolute Gasteiger partial charge is 0.434 e. The van der Waals surface area contributed by atoms with E-state index in [0.717, 1.165) is 37.0 Å². The van der Waals surface area contributed by atoms with Gasteiger partial charge in [-0.2, -0.15) is 13.2 Å². The Balaban J connectivity index is 1.37. The number of anilines is 1. The summed E-state index contributed by atoms with van der Waals surface area (Å²) in [5, 5.41) is 3.13. The van der Waals surface area contributed by atoms with Gasteiger partial charge in [-0.3, -0.25) is 9.78 Å². The Morgan fingerprint density at radius 1 is 1.03 bits per heavy atom. The smallest absolute Gasteiger partial charge is 0.364 e. The molecule has 0 aromatic carbocycles. The number of nitrogens with zero attached hydrogens (tertiary/aromatic N) is 6. The van der Waals surface area contributed by atoms with Crippen LogP contribution in [0.25, 0.3) is 11.4 Å². The molecule has 1 aliphatic carbocycles. The lowest BCUT2D eigenvalue weighted by Gasteiger charge is -2.34. The summed E-state index contributed by atoms with van der Waals surface area (Å²) in [7, 11) is 0. The molecular formula is C22H19F4N7O. The number of amides is 1. The number of carbonyl (C=O) groups excluding carboxylic acids is 1. The summed E-state index contributed by atoms with van der Waals surface area (Å²) >= 11 is 0. The number of aryl methyl sites for hydroxylation is 1. The summed E-state index contributed by atoms with van der Waals surface area (Å²) in [5.74, 6) is -0.244. The third-order valence-corrected chi connectivity index (χ3v) is 6.11. The Hall–Kier alpha value is -3.70. The third kappa shape index (κ3) is 4.15. The third-order valence-electron chi connectivity index (χ3n) is 6.11. The number of fused-ring (bicyclic) bond motifs is 2. The molecule has 3 atom stereocenters. The second kappa shape index (κ2) is 8.26. The minimum Gasteiger partial charge on any atom is -0.364 e. The van der Waals surface area contributed by atoms with Crippen molar-refractivity contribution in [2.45, 2.75) is 38.0 Å². The fraction of sp³-hybridized carbons (Fsp3) is 0.364. The zero-order valence-electron chi connectivity index (χ0n) is 17.9. The van der Waals surface area contributed by atoms with E-state index in [2.05, 4.69) is 30.2 Å². The molecule has 3 aromatic heterocycles. The lowest BCUT2D eigenvalue weighted by atomic mass is 10.0. The van der Waals surface area contributed by atoms with Gasteiger partial charge < -0.3 is 10.2 Å². The number of carbonyl (C=O) groups is 1. The number of hydrogen-bond donors (Lipinski definition) is 1. The van der Waals surface area contributed by atoms with E-state index < -0.39 is 17.7 Å². The highest BCUT2D eigenvalue weighted by Crippen LogP contribution is 2.40. The van der Waals surface area contributed by atoms with Crippen molar-refractivity contribution in [2.75, 3.05) is 11.9 Å². The average molecular weight is 473 g/mol. The number of alkyl halides is 3. The maximum atomic E-state index is 13.5. The van der Waals surface area contributed by atoms with Crippen LogP contribution < -0.4 is 5.32 Å². The summed E-state index contributed by atoms with van der Waals surface area (Å²) in [6, 6.07) is 1.35. The molecule has 12 heteroatoms. The number of likely N-dealkylation sites (tertiary alicyclic amines) is 1. The minimum atomic E-state index is -4.56. The van der Waals surface area contributed by atoms with E-state index in [9.17, 15) is 22.4 Å². The quantitative estimate of drug-likeness (QED) is 0.580. The Bertz CT molecular complexity index is 1220. The van der Waals surface area contributed by atoms with E-state index >= 15 is 0 Å². The molecule has 34 heavy (non-hydrogen) atoms. The van der Waals surface area contributed by atoms with Crippen molar-refractivity contribution in [1.82, 2.24) is 29.8 Å². The van der Waals surface area contributed by atoms with Crippen molar-refractivity contribution in [2.24, 2.45) is 5.92 Å². The molecule has 4 heterocycles. The van der Waals surface area contributed by atoms with Gasteiger partial charge in [0.1, 0.15) is 11.5 Å². The van der Waals surface area contributed by atoms with Crippen LogP contribution in [-0.2, 0) is 6.18 Å². The molecule has 0 spiro atoms. The zero-order chi connectivity index (χ0) is 24.0. The normalized spacial score (nSPS) is 21.7. The van der Waals surface area contributed by atoms with Crippen LogP contribution in [-0.4, -0.2) is 54.4 Å². The summed E-state index contributed by atoms with van der Waals surface area (Å²) in [4.78, 5) is 34.8. The van der Waals surface area contributed by atoms with Gasteiger partial charge in [0.2, 0.25) is 0 Å². The van der Waals surface area contributed by atoms with E-state index in [-0.39, 0.29) is 41.2 Å². The van der Waals surface area contributed by atoms with Crippen LogP contribution in [0.15, 0.2) is 37.1 Å². The molecule has 1 N–H and O–H groups in total. The molecule has 2 fully saturated rings. The number of pyridine rings is 1. The van der Waals surface area contributed by atoms with Gasteiger partial charge in [-0.25, -0.2) is 24.3 Å². The van der Waals surface area contributed by atoms with E-state index in [0.29, 0.717) is 18.3 Å². The van der Waals surface area contributed by atoms with Crippen LogP contribution in [0.4, 0.5) is 23.4 Å². The second-order valence-electron chi connectivity index (χ2n) is 8.53. The van der Waals surface area contributed by atoms with Crippen LogP contribution in [0.1, 0.15) is 34.6 Å². The molecule has 8 nitrogen and oxygen atoms in total. The number of nitrogens with one attached hydrogen (secondary N) is 1. The molecule has 1 amide bonds. The van der Waals surface area contributed by atoms with Crippen molar-refractivity contribution in [1.29, 1.82) is 0 Å². The van der Waals surface area contributed by atoms with Crippen molar-refractivity contribution in [3.63, 3.8) is 0 Å². The lowest BCUT2D eigenvalue weighted by Crippen LogP contribution is -2.48. The molecule has 2 aliphatic rings. The number of aromatic nitrogens is 5. The summed E-state index contributed by atoms with van der Waals surface area (Å²) in [6.07, 6.45) is 2.31. The Labute approximate surface area is 191 Å². The first kappa shape index (κ1) is 22.1. The fourth-order valence-corrected chi connectivity index (χ4v) is 4.65. The molecule has 1 saturated heterocycles. The maximum absolute atomic E-state index is 13.5. The molecule has 1 saturated carbocycles. The first-order valence-corrected chi connectivity index (χ1v) is 10.6. The summed E-state index contributed by atoms with van der Waals surface area (Å²) in [5.41, 5.74) is 0.301. The van der Waals surface area contributed by atoms with Crippen molar-refractivity contribution in [3.8, 4) is 11.4 Å². The van der Waals surface area contributed by atoms with Gasteiger partial charge >= 0.3 is 6.18 Å². The standard InChI is InChI=1S/C22H19F4N7O/c1-11-2-14(20-30-6-13(23)7-31-20)19(29-5-11)21(34)33-10-12-3-15(16(33)4-12)32-18-9-27-17(8-28-18)22(24,25)26/h2,5-9,12,15-16H,3-4,10H2,1H3,(H,28,32)/t12-,15-,16+/m1/s1. The molecule has 0 unspecified atom stereocenters. The molecule has 176 valence electrons. The summed E-state index contributed by atoms with van der Waals surface area (Å²) in [6.45, 7) is 2.36. The van der Waals surface area contributed by atoms with E-state index in [1.807, 2.05) is 6.92 Å². The van der Waals surface area contributed by atoms with E-state index in [4.69, 9.17) is 0 Å². The molecule has 1 aliphatic heterocycles. The Morgan fingerprint density at radius 2 is 1.79 bits per heavy atom. The first-order valence-electron chi connectivity index (χ1n) is 10.6. The average Bonchev–Trinajstić information content (AvgIpc) is 3.39. The second-order valence-corrected chi connectivity index (χ2v) is 8.53. The summed E-state index contributed by atoms with van der Waals surface area (Å²) < 4.78 is 51.5. The highest BCUT2D eigenvalue weighted by Gasteiger charge is 2.48. The molecule has 5 rings (SSSR count). The topological polar surface area (TPSA) is 96.8 Å². The molecule has 0 radical (unpaired) electrons. The lowest BCUT2D eigenvalue weighted by molar-refractivity contribution is -0.141. The number of halogens is 4. The fourth-order valence-electron chi connectivity index (χ4n) is 4.65. The highest BCUT2D eigenvalue weighted by atomic mass is 19.4. The minimum absolute atomic E-state index is 0.165. The van der Waals surface area contributed by atoms with Gasteiger partial charge in [-0.15, -0.1) is 0 Å². The Kier molecular flexibility index (Phi) is 5.37. The van der Waals surface area contributed by atoms with Crippen molar-refractivity contribution in [3.05, 3.63) is 59.8 Å². The van der Waals surface area contributed by atoms with Gasteiger partial charge in [0, 0.05) is 18.8 Å². The number of hydrogen-bond acceptors (Lipinski definition) is 7. The van der Waals surface area contributed by atoms with Crippen molar-refractivity contribution >= 4 is 11.7 Å². The van der Waals surface area contributed by atoms with Gasteiger partial charge in [0.15, 0.2) is 17.3 Å². The van der Waals surface area contributed by atoms with Gasteiger partial charge in [0.05, 0.1) is 36.4 Å².